The molecule has 1 atom stereocenters. The maximum absolute atomic E-state index is 4.73. The Morgan fingerprint density at radius 3 is 2.75 bits per heavy atom. The van der Waals surface area contributed by atoms with Crippen LogP contribution < -0.4 is 10.6 Å². The summed E-state index contributed by atoms with van der Waals surface area (Å²) in [6, 6.07) is 16.4. The van der Waals surface area contributed by atoms with Crippen LogP contribution in [0.2, 0.25) is 0 Å². The van der Waals surface area contributed by atoms with Gasteiger partial charge in [0.1, 0.15) is 5.82 Å². The summed E-state index contributed by atoms with van der Waals surface area (Å²) in [6.07, 6.45) is 3.85. The molecule has 0 amide bonds. The fraction of sp³-hybridized carbons (Fsp3) is 0.381. The van der Waals surface area contributed by atoms with Gasteiger partial charge in [0.15, 0.2) is 11.6 Å². The van der Waals surface area contributed by atoms with Gasteiger partial charge in [0.05, 0.1) is 6.54 Å². The third-order valence-corrected chi connectivity index (χ3v) is 5.28. The molecule has 2 aromatic heterocycles. The number of rotatable bonds is 9. The predicted molar refractivity (Wildman–Crippen MR) is 117 cm³/mol. The first kappa shape index (κ1) is 20.2. The fourth-order valence-electron chi connectivity index (χ4n) is 2.84. The average Bonchev–Trinajstić information content (AvgIpc) is 3.13. The number of hydrogen-bond acceptors (Lipinski definition) is 4. The van der Waals surface area contributed by atoms with E-state index < -0.39 is 0 Å². The first-order valence-electron chi connectivity index (χ1n) is 9.79. The summed E-state index contributed by atoms with van der Waals surface area (Å²) >= 11 is 1.85. The van der Waals surface area contributed by atoms with Crippen LogP contribution in [0.25, 0.3) is 5.65 Å². The molecule has 1 aromatic carbocycles. The van der Waals surface area contributed by atoms with Crippen LogP contribution in [-0.4, -0.2) is 45.4 Å². The smallest absolute Gasteiger partial charge is 0.191 e. The van der Waals surface area contributed by atoms with Crippen LogP contribution in [0.5, 0.6) is 0 Å². The van der Waals surface area contributed by atoms with E-state index in [2.05, 4.69) is 58.9 Å². The Hall–Kier alpha value is -2.54. The lowest BCUT2D eigenvalue weighted by Gasteiger charge is -2.13. The SMILES string of the molecule is CCNC(=NCC(C)Sc1ccccc1)NCCCc1nnc2ccccn12. The van der Waals surface area contributed by atoms with Crippen molar-refractivity contribution in [2.45, 2.75) is 36.8 Å². The Balaban J connectivity index is 1.45. The number of nitrogens with zero attached hydrogens (tertiary/aromatic N) is 4. The molecule has 0 saturated heterocycles. The maximum Gasteiger partial charge on any atom is 0.191 e. The number of hydrogen-bond donors (Lipinski definition) is 2. The lowest BCUT2D eigenvalue weighted by molar-refractivity contribution is 0.714. The summed E-state index contributed by atoms with van der Waals surface area (Å²) < 4.78 is 2.04. The third-order valence-electron chi connectivity index (χ3n) is 4.19. The number of fused-ring (bicyclic) bond motifs is 1. The number of aromatic nitrogens is 3. The van der Waals surface area contributed by atoms with E-state index in [0.717, 1.165) is 49.9 Å². The van der Waals surface area contributed by atoms with Gasteiger partial charge < -0.3 is 10.6 Å². The van der Waals surface area contributed by atoms with Gasteiger partial charge in [-0.1, -0.05) is 31.2 Å². The molecule has 0 radical (unpaired) electrons. The van der Waals surface area contributed by atoms with Crippen molar-refractivity contribution in [1.82, 2.24) is 25.2 Å². The lowest BCUT2D eigenvalue weighted by Crippen LogP contribution is -2.38. The molecule has 1 unspecified atom stereocenters. The molecule has 7 heteroatoms. The van der Waals surface area contributed by atoms with E-state index in [-0.39, 0.29) is 0 Å². The van der Waals surface area contributed by atoms with Crippen molar-refractivity contribution >= 4 is 23.4 Å². The van der Waals surface area contributed by atoms with Crippen molar-refractivity contribution in [3.63, 3.8) is 0 Å². The fourth-order valence-corrected chi connectivity index (χ4v) is 3.77. The Morgan fingerprint density at radius 1 is 1.11 bits per heavy atom. The summed E-state index contributed by atoms with van der Waals surface area (Å²) in [5.74, 6) is 1.86. The highest BCUT2D eigenvalue weighted by Crippen LogP contribution is 2.22. The zero-order chi connectivity index (χ0) is 19.6. The standard InChI is InChI=1S/C21H28N6S/c1-3-22-21(24-16-17(2)28-18-10-5-4-6-11-18)23-14-9-13-20-26-25-19-12-7-8-15-27(19)20/h4-8,10-12,15,17H,3,9,13-14,16H2,1-2H3,(H2,22,23,24). The number of nitrogens with one attached hydrogen (secondary N) is 2. The molecule has 0 fully saturated rings. The lowest BCUT2D eigenvalue weighted by atomic mass is 10.3. The molecular weight excluding hydrogens is 368 g/mol. The average molecular weight is 397 g/mol. The number of benzene rings is 1. The molecular formula is C21H28N6S. The van der Waals surface area contributed by atoms with Crippen molar-refractivity contribution in [2.75, 3.05) is 19.6 Å². The van der Waals surface area contributed by atoms with E-state index >= 15 is 0 Å². The minimum absolute atomic E-state index is 0.417. The molecule has 2 heterocycles. The molecule has 0 bridgehead atoms. The maximum atomic E-state index is 4.73. The Bertz CT molecular complexity index is 877. The van der Waals surface area contributed by atoms with Crippen LogP contribution in [0.3, 0.4) is 0 Å². The molecule has 6 nitrogen and oxygen atoms in total. The first-order valence-corrected chi connectivity index (χ1v) is 10.7. The normalized spacial score (nSPS) is 12.9. The summed E-state index contributed by atoms with van der Waals surface area (Å²) in [5, 5.41) is 15.6. The molecule has 0 spiro atoms. The second kappa shape index (κ2) is 10.7. The second-order valence-electron chi connectivity index (χ2n) is 6.54. The molecule has 0 aliphatic rings. The van der Waals surface area contributed by atoms with E-state index in [9.17, 15) is 0 Å². The monoisotopic (exact) mass is 396 g/mol. The van der Waals surface area contributed by atoms with Crippen molar-refractivity contribution in [1.29, 1.82) is 0 Å². The van der Waals surface area contributed by atoms with Gasteiger partial charge in [-0.05, 0) is 37.6 Å². The summed E-state index contributed by atoms with van der Waals surface area (Å²) in [7, 11) is 0. The largest absolute Gasteiger partial charge is 0.357 e. The predicted octanol–water partition coefficient (Wildman–Crippen LogP) is 3.40. The van der Waals surface area contributed by atoms with Crippen molar-refractivity contribution in [3.8, 4) is 0 Å². The molecule has 0 aliphatic carbocycles. The van der Waals surface area contributed by atoms with E-state index in [1.165, 1.54) is 4.90 Å². The van der Waals surface area contributed by atoms with Crippen LogP contribution in [0.15, 0.2) is 64.6 Å². The Morgan fingerprint density at radius 2 is 1.93 bits per heavy atom. The molecule has 3 rings (SSSR count). The van der Waals surface area contributed by atoms with Crippen molar-refractivity contribution in [2.24, 2.45) is 4.99 Å². The molecule has 0 saturated carbocycles. The second-order valence-corrected chi connectivity index (χ2v) is 8.05. The Kier molecular flexibility index (Phi) is 7.72. The first-order chi connectivity index (χ1) is 13.8. The summed E-state index contributed by atoms with van der Waals surface area (Å²) in [5.41, 5.74) is 0.894. The van der Waals surface area contributed by atoms with Gasteiger partial charge in [-0.15, -0.1) is 22.0 Å². The number of guanidine groups is 1. The summed E-state index contributed by atoms with van der Waals surface area (Å²) in [4.78, 5) is 6.02. The highest BCUT2D eigenvalue weighted by atomic mass is 32.2. The van der Waals surface area contributed by atoms with Gasteiger partial charge in [0.25, 0.3) is 0 Å². The van der Waals surface area contributed by atoms with Crippen LogP contribution in [-0.2, 0) is 6.42 Å². The zero-order valence-corrected chi connectivity index (χ0v) is 17.3. The zero-order valence-electron chi connectivity index (χ0n) is 16.5. The van der Waals surface area contributed by atoms with E-state index in [1.54, 1.807) is 0 Å². The number of aryl methyl sites for hydroxylation is 1. The van der Waals surface area contributed by atoms with Gasteiger partial charge in [-0.25, -0.2) is 0 Å². The highest BCUT2D eigenvalue weighted by molar-refractivity contribution is 8.00. The quantitative estimate of drug-likeness (QED) is 0.251. The number of thioether (sulfide) groups is 1. The highest BCUT2D eigenvalue weighted by Gasteiger charge is 2.06. The minimum atomic E-state index is 0.417. The number of aliphatic imine (C=N–C) groups is 1. The summed E-state index contributed by atoms with van der Waals surface area (Å²) in [6.45, 7) is 6.75. The topological polar surface area (TPSA) is 66.6 Å². The molecule has 2 N–H and O–H groups in total. The van der Waals surface area contributed by atoms with E-state index in [4.69, 9.17) is 4.99 Å². The van der Waals surface area contributed by atoms with E-state index in [0.29, 0.717) is 5.25 Å². The van der Waals surface area contributed by atoms with Crippen LogP contribution in [0, 0.1) is 0 Å². The van der Waals surface area contributed by atoms with Gasteiger partial charge >= 0.3 is 0 Å². The van der Waals surface area contributed by atoms with Gasteiger partial charge in [-0.3, -0.25) is 9.39 Å². The van der Waals surface area contributed by atoms with Crippen molar-refractivity contribution < 1.29 is 0 Å². The molecule has 3 aromatic rings. The van der Waals surface area contributed by atoms with Gasteiger partial charge in [-0.2, -0.15) is 0 Å². The van der Waals surface area contributed by atoms with Gasteiger partial charge in [0, 0.05) is 35.9 Å². The van der Waals surface area contributed by atoms with Crippen LogP contribution in [0.4, 0.5) is 0 Å². The third kappa shape index (κ3) is 5.99. The van der Waals surface area contributed by atoms with Gasteiger partial charge in [0.2, 0.25) is 0 Å². The number of pyridine rings is 1. The molecule has 148 valence electrons. The van der Waals surface area contributed by atoms with Crippen LogP contribution in [0.1, 0.15) is 26.1 Å². The van der Waals surface area contributed by atoms with Crippen LogP contribution >= 0.6 is 11.8 Å². The Labute approximate surface area is 170 Å². The molecule has 28 heavy (non-hydrogen) atoms. The van der Waals surface area contributed by atoms with Crippen molar-refractivity contribution in [3.05, 3.63) is 60.6 Å². The molecule has 0 aliphatic heterocycles. The minimum Gasteiger partial charge on any atom is -0.357 e. The van der Waals surface area contributed by atoms with E-state index in [1.807, 2.05) is 46.6 Å².